The van der Waals surface area contributed by atoms with Crippen LogP contribution in [0.1, 0.15) is 52.5 Å². The summed E-state index contributed by atoms with van der Waals surface area (Å²) < 4.78 is 5.65. The van der Waals surface area contributed by atoms with Gasteiger partial charge in [0.1, 0.15) is 0 Å². The molecule has 1 aromatic heterocycles. The van der Waals surface area contributed by atoms with Crippen LogP contribution in [0.15, 0.2) is 72.8 Å². The average molecular weight is 593 g/mol. The van der Waals surface area contributed by atoms with Gasteiger partial charge in [-0.05, 0) is 81.3 Å². The minimum atomic E-state index is -1.01. The van der Waals surface area contributed by atoms with Gasteiger partial charge in [0.15, 0.2) is 6.10 Å². The number of carbonyl (C=O) groups excluding carboxylic acids is 4. The lowest BCUT2D eigenvalue weighted by atomic mass is 9.81. The molecule has 4 aromatic rings. The highest BCUT2D eigenvalue weighted by Crippen LogP contribution is 2.56. The number of aryl methyl sites for hydroxylation is 1. The molecule has 2 heterocycles. The number of pyridine rings is 1. The molecule has 1 saturated heterocycles. The molecule has 3 fully saturated rings. The van der Waals surface area contributed by atoms with E-state index in [4.69, 9.17) is 21.3 Å². The van der Waals surface area contributed by atoms with Crippen molar-refractivity contribution in [3.8, 4) is 11.3 Å². The second kappa shape index (κ2) is 10.4. The molecule has 8 heteroatoms. The molecule has 7 nitrogen and oxygen atoms in total. The van der Waals surface area contributed by atoms with Crippen LogP contribution in [-0.4, -0.2) is 34.7 Å². The summed E-state index contributed by atoms with van der Waals surface area (Å²) in [7, 11) is 0. The summed E-state index contributed by atoms with van der Waals surface area (Å²) in [6.07, 6.45) is 2.04. The van der Waals surface area contributed by atoms with Crippen molar-refractivity contribution in [3.63, 3.8) is 0 Å². The van der Waals surface area contributed by atoms with E-state index in [1.54, 1.807) is 67.6 Å². The molecule has 43 heavy (non-hydrogen) atoms. The lowest BCUT2D eigenvalue weighted by Gasteiger charge is -2.19. The predicted octanol–water partition coefficient (Wildman–Crippen LogP) is 6.83. The molecule has 5 unspecified atom stereocenters. The molecule has 5 atom stereocenters. The van der Waals surface area contributed by atoms with E-state index < -0.39 is 12.1 Å². The van der Waals surface area contributed by atoms with E-state index in [-0.39, 0.29) is 35.0 Å². The number of ketones is 1. The summed E-state index contributed by atoms with van der Waals surface area (Å²) in [5, 5.41) is 0.935. The van der Waals surface area contributed by atoms with E-state index in [1.807, 2.05) is 19.1 Å². The topological polar surface area (TPSA) is 93.6 Å². The van der Waals surface area contributed by atoms with Crippen LogP contribution < -0.4 is 4.90 Å². The van der Waals surface area contributed by atoms with Gasteiger partial charge in [-0.2, -0.15) is 0 Å². The van der Waals surface area contributed by atoms with E-state index in [0.29, 0.717) is 50.3 Å². The highest BCUT2D eigenvalue weighted by atomic mass is 35.5. The smallest absolute Gasteiger partial charge is 0.339 e. The van der Waals surface area contributed by atoms with Crippen LogP contribution >= 0.6 is 11.6 Å². The number of hydrogen-bond acceptors (Lipinski definition) is 6. The molecule has 216 valence electrons. The van der Waals surface area contributed by atoms with Gasteiger partial charge in [0.2, 0.25) is 17.6 Å². The van der Waals surface area contributed by atoms with Gasteiger partial charge in [-0.3, -0.25) is 19.3 Å². The average Bonchev–Trinajstić information content (AvgIpc) is 3.70. The van der Waals surface area contributed by atoms with Crippen LogP contribution in [0.3, 0.4) is 0 Å². The Morgan fingerprint density at radius 3 is 2.21 bits per heavy atom. The van der Waals surface area contributed by atoms with Crippen LogP contribution in [0, 0.1) is 30.6 Å². The van der Waals surface area contributed by atoms with Crippen LogP contribution in [0.4, 0.5) is 5.69 Å². The number of fused-ring (bicyclic) bond motifs is 6. The van der Waals surface area contributed by atoms with Gasteiger partial charge >= 0.3 is 5.97 Å². The minimum absolute atomic E-state index is 0.0880. The molecule has 3 aliphatic rings. The lowest BCUT2D eigenvalue weighted by molar-refractivity contribution is -0.123. The Bertz CT molecular complexity index is 1790. The van der Waals surface area contributed by atoms with Gasteiger partial charge in [-0.25, -0.2) is 9.78 Å². The van der Waals surface area contributed by atoms with Gasteiger partial charge in [0.05, 0.1) is 34.3 Å². The first kappa shape index (κ1) is 27.5. The fourth-order valence-electron chi connectivity index (χ4n) is 7.19. The summed E-state index contributed by atoms with van der Waals surface area (Å²) in [6.45, 7) is 3.48. The number of Topliss-reactive ketones (excluding diaryl/α,β-unsaturated/α-hetero) is 1. The number of nitrogens with zero attached hydrogens (tertiary/aromatic N) is 2. The monoisotopic (exact) mass is 592 g/mol. The molecular weight excluding hydrogens is 564 g/mol. The van der Waals surface area contributed by atoms with Crippen molar-refractivity contribution in [3.05, 3.63) is 94.5 Å². The maximum atomic E-state index is 13.5. The Morgan fingerprint density at radius 1 is 0.907 bits per heavy atom. The first-order chi connectivity index (χ1) is 20.7. The fraction of sp³-hybridized carbons (Fsp3) is 0.286. The van der Waals surface area contributed by atoms with E-state index in [0.717, 1.165) is 24.8 Å². The van der Waals surface area contributed by atoms with Crippen molar-refractivity contribution in [1.82, 2.24) is 4.98 Å². The summed E-state index contributed by atoms with van der Waals surface area (Å²) >= 11 is 6.27. The first-order valence-corrected chi connectivity index (χ1v) is 15.0. The summed E-state index contributed by atoms with van der Waals surface area (Å²) in [5.41, 5.74) is 3.98. The maximum absolute atomic E-state index is 13.5. The lowest BCUT2D eigenvalue weighted by Crippen LogP contribution is -2.32. The predicted molar refractivity (Wildman–Crippen MR) is 163 cm³/mol. The van der Waals surface area contributed by atoms with Crippen molar-refractivity contribution in [2.24, 2.45) is 23.7 Å². The summed E-state index contributed by atoms with van der Waals surface area (Å²) in [6, 6.07) is 20.9. The maximum Gasteiger partial charge on any atom is 0.339 e. The van der Waals surface area contributed by atoms with Gasteiger partial charge < -0.3 is 4.74 Å². The number of hydrogen-bond donors (Lipinski definition) is 0. The molecule has 0 radical (unpaired) electrons. The third-order valence-electron chi connectivity index (χ3n) is 9.33. The van der Waals surface area contributed by atoms with Crippen LogP contribution in [-0.2, 0) is 14.3 Å². The van der Waals surface area contributed by atoms with Gasteiger partial charge in [0, 0.05) is 21.5 Å². The van der Waals surface area contributed by atoms with Crippen LogP contribution in [0.2, 0.25) is 5.02 Å². The number of amides is 2. The molecular formula is C35H29ClN2O5. The standard InChI is InChI=1S/C35H29ClN2O5/c1-18-3-5-21(6-4-18)32(39)19(2)43-35(42)27-17-29(37-28-14-11-24(36)16-26(27)28)20-9-12-25(13-10-20)38-33(40)30-22-7-8-23(15-22)31(30)34(38)41/h3-6,9-14,16-17,19,22-23,30-31H,7-8,15H2,1-2H3. The van der Waals surface area contributed by atoms with Gasteiger partial charge in [-0.1, -0.05) is 53.6 Å². The Hall–Kier alpha value is -4.36. The molecule has 2 aliphatic carbocycles. The molecule has 2 bridgehead atoms. The van der Waals surface area contributed by atoms with Gasteiger partial charge in [-0.15, -0.1) is 0 Å². The van der Waals surface area contributed by atoms with Crippen LogP contribution in [0.25, 0.3) is 22.2 Å². The van der Waals surface area contributed by atoms with Crippen LogP contribution in [0.5, 0.6) is 0 Å². The number of ether oxygens (including phenoxy) is 1. The van der Waals surface area contributed by atoms with E-state index in [2.05, 4.69) is 0 Å². The largest absolute Gasteiger partial charge is 0.451 e. The zero-order chi connectivity index (χ0) is 30.0. The molecule has 3 aromatic carbocycles. The number of aromatic nitrogens is 1. The van der Waals surface area contributed by atoms with Gasteiger partial charge in [0.25, 0.3) is 0 Å². The Morgan fingerprint density at radius 2 is 1.56 bits per heavy atom. The highest BCUT2D eigenvalue weighted by Gasteiger charge is 2.61. The van der Waals surface area contributed by atoms with E-state index >= 15 is 0 Å². The number of rotatable bonds is 6. The van der Waals surface area contributed by atoms with E-state index in [1.165, 1.54) is 4.90 Å². The van der Waals surface area contributed by atoms with E-state index in [9.17, 15) is 19.2 Å². The number of benzene rings is 3. The third kappa shape index (κ3) is 4.63. The number of carbonyl (C=O) groups is 4. The fourth-order valence-corrected chi connectivity index (χ4v) is 7.36. The number of anilines is 1. The Labute approximate surface area is 253 Å². The molecule has 2 saturated carbocycles. The normalized spacial score (nSPS) is 23.1. The molecule has 0 spiro atoms. The second-order valence-electron chi connectivity index (χ2n) is 11.9. The summed E-state index contributed by atoms with van der Waals surface area (Å²) in [5.74, 6) is -0.885. The Kier molecular flexibility index (Phi) is 6.66. The second-order valence-corrected chi connectivity index (χ2v) is 12.4. The quantitative estimate of drug-likeness (QED) is 0.138. The zero-order valence-electron chi connectivity index (χ0n) is 23.7. The number of imide groups is 1. The van der Waals surface area contributed by atoms with Crippen molar-refractivity contribution in [2.45, 2.75) is 39.2 Å². The zero-order valence-corrected chi connectivity index (χ0v) is 24.5. The van der Waals surface area contributed by atoms with Crippen molar-refractivity contribution in [2.75, 3.05) is 4.90 Å². The van der Waals surface area contributed by atoms with Crippen molar-refractivity contribution < 1.29 is 23.9 Å². The van der Waals surface area contributed by atoms with Crippen molar-refractivity contribution in [1.29, 1.82) is 0 Å². The SMILES string of the molecule is Cc1ccc(C(=O)C(C)OC(=O)c2cc(-c3ccc(N4C(=O)C5C6CCC(C6)C5C4=O)cc3)nc3ccc(Cl)cc23)cc1. The first-order valence-electron chi connectivity index (χ1n) is 14.6. The minimum Gasteiger partial charge on any atom is -0.451 e. The highest BCUT2D eigenvalue weighted by molar-refractivity contribution is 6.31. The molecule has 2 amide bonds. The molecule has 7 rings (SSSR count). The molecule has 0 N–H and O–H groups in total. The third-order valence-corrected chi connectivity index (χ3v) is 9.56. The summed E-state index contributed by atoms with van der Waals surface area (Å²) in [4.78, 5) is 59.1. The number of halogens is 1. The Balaban J connectivity index is 1.18. The van der Waals surface area contributed by atoms with Crippen molar-refractivity contribution >= 4 is 51.8 Å². The molecule has 1 aliphatic heterocycles. The number of esters is 1.